The molecule has 6 heteroatoms. The van der Waals surface area contributed by atoms with Crippen molar-refractivity contribution < 1.29 is 9.53 Å². The Morgan fingerprint density at radius 1 is 1.16 bits per heavy atom. The van der Waals surface area contributed by atoms with E-state index in [2.05, 4.69) is 57.1 Å². The fraction of sp³-hybridized carbons (Fsp3) is 0.462. The second-order valence-corrected chi connectivity index (χ2v) is 6.89. The van der Waals surface area contributed by atoms with Crippen molar-refractivity contribution in [3.8, 4) is 5.75 Å². The third-order valence-electron chi connectivity index (χ3n) is 3.24. The number of likely N-dealkylation sites (N-methyl/N-ethyl adjacent to an activating group) is 1. The number of benzene rings is 1. The minimum Gasteiger partial charge on any atom is -0.495 e. The predicted octanol–water partition coefficient (Wildman–Crippen LogP) is 2.29. The smallest absolute Gasteiger partial charge is 0.254 e. The molecule has 0 aliphatic carbocycles. The van der Waals surface area contributed by atoms with Gasteiger partial charge in [0.05, 0.1) is 14.3 Å². The van der Waals surface area contributed by atoms with Gasteiger partial charge in [0.25, 0.3) is 5.91 Å². The predicted molar refractivity (Wildman–Crippen MR) is 91.8 cm³/mol. The van der Waals surface area contributed by atoms with E-state index in [1.165, 1.54) is 0 Å². The van der Waals surface area contributed by atoms with E-state index in [0.29, 0.717) is 0 Å². The molecule has 1 aromatic carbocycles. The van der Waals surface area contributed by atoms with E-state index >= 15 is 0 Å². The van der Waals surface area contributed by atoms with Crippen LogP contribution in [0.1, 0.15) is 10.4 Å². The molecule has 0 saturated carbocycles. The molecule has 0 spiro atoms. The Hall–Kier alpha value is -0.0900. The lowest BCUT2D eigenvalue weighted by molar-refractivity contribution is 0.0664. The second-order valence-electron chi connectivity index (χ2n) is 4.57. The Morgan fingerprint density at radius 2 is 1.68 bits per heavy atom. The Kier molecular flexibility index (Phi) is 5.29. The van der Waals surface area contributed by atoms with Crippen LogP contribution in [-0.2, 0) is 0 Å². The van der Waals surface area contributed by atoms with Gasteiger partial charge in [-0.2, -0.15) is 0 Å². The largest absolute Gasteiger partial charge is 0.495 e. The zero-order valence-electron chi connectivity index (χ0n) is 10.9. The lowest BCUT2D eigenvalue weighted by Crippen LogP contribution is -2.47. The van der Waals surface area contributed by atoms with Crippen LogP contribution in [0.15, 0.2) is 12.1 Å². The number of methoxy groups -OCH3 is 1. The Morgan fingerprint density at radius 3 is 2.16 bits per heavy atom. The van der Waals surface area contributed by atoms with Gasteiger partial charge in [-0.15, -0.1) is 0 Å². The third kappa shape index (κ3) is 3.52. The van der Waals surface area contributed by atoms with Gasteiger partial charge in [-0.1, -0.05) is 0 Å². The summed E-state index contributed by atoms with van der Waals surface area (Å²) >= 11 is 4.42. The van der Waals surface area contributed by atoms with Crippen LogP contribution < -0.4 is 4.74 Å². The topological polar surface area (TPSA) is 32.8 Å². The van der Waals surface area contributed by atoms with Crippen LogP contribution >= 0.6 is 45.2 Å². The zero-order valence-corrected chi connectivity index (χ0v) is 15.3. The molecule has 0 radical (unpaired) electrons. The summed E-state index contributed by atoms with van der Waals surface area (Å²) in [6, 6.07) is 3.81. The van der Waals surface area contributed by atoms with Crippen molar-refractivity contribution in [2.45, 2.75) is 0 Å². The first-order valence-corrected chi connectivity index (χ1v) is 8.19. The number of nitrogens with zero attached hydrogens (tertiary/aromatic N) is 2. The van der Waals surface area contributed by atoms with Gasteiger partial charge in [-0.25, -0.2) is 0 Å². The number of hydrogen-bond donors (Lipinski definition) is 0. The van der Waals surface area contributed by atoms with E-state index in [1.54, 1.807) is 7.11 Å². The number of halogens is 2. The molecule has 4 nitrogen and oxygen atoms in total. The molecule has 0 N–H and O–H groups in total. The number of hydrogen-bond acceptors (Lipinski definition) is 3. The first-order chi connectivity index (χ1) is 9.02. The molecular formula is C13H16I2N2O2. The van der Waals surface area contributed by atoms with Gasteiger partial charge in [0.2, 0.25) is 0 Å². The molecule has 1 heterocycles. The molecule has 1 aliphatic heterocycles. The molecule has 1 fully saturated rings. The third-order valence-corrected chi connectivity index (χ3v) is 4.84. The van der Waals surface area contributed by atoms with Crippen LogP contribution in [0, 0.1) is 7.14 Å². The Balaban J connectivity index is 2.20. The van der Waals surface area contributed by atoms with Gasteiger partial charge in [0, 0.05) is 31.7 Å². The van der Waals surface area contributed by atoms with E-state index < -0.39 is 0 Å². The van der Waals surface area contributed by atoms with Crippen LogP contribution in [0.5, 0.6) is 5.75 Å². The fourth-order valence-corrected chi connectivity index (χ4v) is 4.28. The van der Waals surface area contributed by atoms with Crippen LogP contribution in [0.25, 0.3) is 0 Å². The molecule has 104 valence electrons. The molecule has 0 bridgehead atoms. The molecule has 0 unspecified atom stereocenters. The maximum absolute atomic E-state index is 12.5. The molecule has 2 rings (SSSR count). The average molecular weight is 486 g/mol. The summed E-state index contributed by atoms with van der Waals surface area (Å²) < 4.78 is 7.28. The van der Waals surface area contributed by atoms with Crippen molar-refractivity contribution in [1.82, 2.24) is 9.80 Å². The number of carbonyl (C=O) groups is 1. The monoisotopic (exact) mass is 486 g/mol. The number of rotatable bonds is 2. The van der Waals surface area contributed by atoms with Crippen molar-refractivity contribution in [1.29, 1.82) is 0 Å². The number of piperazine rings is 1. The molecule has 0 atom stereocenters. The molecule has 1 aliphatic rings. The summed E-state index contributed by atoms with van der Waals surface area (Å²) in [5, 5.41) is 0. The van der Waals surface area contributed by atoms with Crippen LogP contribution in [-0.4, -0.2) is 56.0 Å². The summed E-state index contributed by atoms with van der Waals surface area (Å²) in [6.45, 7) is 3.48. The summed E-state index contributed by atoms with van der Waals surface area (Å²) in [7, 11) is 3.74. The summed E-state index contributed by atoms with van der Waals surface area (Å²) in [6.07, 6.45) is 0. The van der Waals surface area contributed by atoms with Gasteiger partial charge in [-0.3, -0.25) is 4.79 Å². The highest BCUT2D eigenvalue weighted by Crippen LogP contribution is 2.29. The Labute approximate surface area is 140 Å². The first-order valence-electron chi connectivity index (χ1n) is 6.03. The van der Waals surface area contributed by atoms with E-state index in [9.17, 15) is 4.79 Å². The van der Waals surface area contributed by atoms with Crippen LogP contribution in [0.2, 0.25) is 0 Å². The van der Waals surface area contributed by atoms with Gasteiger partial charge in [-0.05, 0) is 64.4 Å². The summed E-state index contributed by atoms with van der Waals surface area (Å²) in [5.41, 5.74) is 0.749. The number of ether oxygens (including phenoxy) is 1. The standard InChI is InChI=1S/C13H16I2N2O2/c1-16-3-5-17(6-4-16)13(18)9-7-10(14)12(19-2)11(15)8-9/h7-8H,3-6H2,1-2H3. The van der Waals surface area contributed by atoms with Crippen molar-refractivity contribution in [3.63, 3.8) is 0 Å². The van der Waals surface area contributed by atoms with Gasteiger partial charge >= 0.3 is 0 Å². The fourth-order valence-electron chi connectivity index (χ4n) is 2.07. The van der Waals surface area contributed by atoms with Gasteiger partial charge < -0.3 is 14.5 Å². The van der Waals surface area contributed by atoms with Crippen LogP contribution in [0.3, 0.4) is 0 Å². The average Bonchev–Trinajstić information content (AvgIpc) is 2.38. The Bertz CT molecular complexity index is 463. The van der Waals surface area contributed by atoms with Crippen LogP contribution in [0.4, 0.5) is 0 Å². The van der Waals surface area contributed by atoms with Crippen molar-refractivity contribution in [2.24, 2.45) is 0 Å². The van der Waals surface area contributed by atoms with E-state index in [4.69, 9.17) is 4.74 Å². The molecule has 1 amide bonds. The molecule has 0 aromatic heterocycles. The minimum atomic E-state index is 0.117. The van der Waals surface area contributed by atoms with Crippen molar-refractivity contribution >= 4 is 51.1 Å². The van der Waals surface area contributed by atoms with Gasteiger partial charge in [0.15, 0.2) is 0 Å². The highest BCUT2D eigenvalue weighted by molar-refractivity contribution is 14.1. The molecule has 1 saturated heterocycles. The zero-order chi connectivity index (χ0) is 14.0. The SMILES string of the molecule is COc1c(I)cc(C(=O)N2CCN(C)CC2)cc1I. The highest BCUT2D eigenvalue weighted by Gasteiger charge is 2.21. The minimum absolute atomic E-state index is 0.117. The highest BCUT2D eigenvalue weighted by atomic mass is 127. The lowest BCUT2D eigenvalue weighted by Gasteiger charge is -2.32. The number of carbonyl (C=O) groups excluding carboxylic acids is 1. The maximum Gasteiger partial charge on any atom is 0.254 e. The molecular weight excluding hydrogens is 470 g/mol. The summed E-state index contributed by atoms with van der Waals surface area (Å²) in [5.74, 6) is 0.961. The second kappa shape index (κ2) is 6.57. The summed E-state index contributed by atoms with van der Waals surface area (Å²) in [4.78, 5) is 16.6. The van der Waals surface area contributed by atoms with Gasteiger partial charge in [0.1, 0.15) is 5.75 Å². The normalized spacial score (nSPS) is 16.5. The first kappa shape index (κ1) is 15.3. The van der Waals surface area contributed by atoms with Crippen molar-refractivity contribution in [2.75, 3.05) is 40.3 Å². The molecule has 1 aromatic rings. The maximum atomic E-state index is 12.5. The quantitative estimate of drug-likeness (QED) is 0.602. The van der Waals surface area contributed by atoms with E-state index in [0.717, 1.165) is 44.6 Å². The lowest BCUT2D eigenvalue weighted by atomic mass is 10.1. The number of amides is 1. The van der Waals surface area contributed by atoms with E-state index in [-0.39, 0.29) is 5.91 Å². The van der Waals surface area contributed by atoms with E-state index in [1.807, 2.05) is 17.0 Å². The molecule has 19 heavy (non-hydrogen) atoms. The van der Waals surface area contributed by atoms with Crippen molar-refractivity contribution in [3.05, 3.63) is 24.8 Å².